The Morgan fingerprint density at radius 3 is 2.48 bits per heavy atom. The zero-order valence-electron chi connectivity index (χ0n) is 11.7. The van der Waals surface area contributed by atoms with Crippen LogP contribution in [0.2, 0.25) is 0 Å². The number of amides is 1. The molecule has 1 fully saturated rings. The van der Waals surface area contributed by atoms with Gasteiger partial charge in [-0.3, -0.25) is 19.4 Å². The molecule has 0 radical (unpaired) electrons. The Bertz CT molecular complexity index is 439. The van der Waals surface area contributed by atoms with Crippen LogP contribution in [-0.4, -0.2) is 47.0 Å². The van der Waals surface area contributed by atoms with Crippen LogP contribution in [-0.2, 0) is 14.4 Å². The molecular formula is C12H20N4O5. The van der Waals surface area contributed by atoms with E-state index in [1.807, 2.05) is 0 Å². The van der Waals surface area contributed by atoms with Crippen molar-refractivity contribution in [1.82, 2.24) is 10.7 Å². The number of hydrogen-bond donors (Lipinski definition) is 5. The predicted octanol–water partition coefficient (Wildman–Crippen LogP) is -1.21. The molecule has 21 heavy (non-hydrogen) atoms. The van der Waals surface area contributed by atoms with Crippen LogP contribution in [0.1, 0.15) is 19.8 Å². The lowest BCUT2D eigenvalue weighted by Crippen LogP contribution is -2.33. The molecule has 0 spiro atoms. The summed E-state index contributed by atoms with van der Waals surface area (Å²) in [6.45, 7) is 1.63. The van der Waals surface area contributed by atoms with Gasteiger partial charge in [-0.2, -0.15) is 0 Å². The molecule has 1 amide bonds. The number of carboxylic acid groups (broad SMARTS) is 2. The maximum Gasteiger partial charge on any atom is 0.307 e. The molecule has 9 heteroatoms. The number of hydrazine groups is 1. The molecule has 1 saturated carbocycles. The number of hydrogen-bond acceptors (Lipinski definition) is 5. The molecule has 0 aromatic rings. The van der Waals surface area contributed by atoms with Crippen molar-refractivity contribution in [1.29, 1.82) is 0 Å². The first-order chi connectivity index (χ1) is 9.88. The molecule has 0 saturated heterocycles. The second-order valence-electron chi connectivity index (χ2n) is 4.99. The number of nitrogens with zero attached hydrogens (tertiary/aromatic N) is 1. The Morgan fingerprint density at radius 1 is 1.33 bits per heavy atom. The van der Waals surface area contributed by atoms with E-state index in [9.17, 15) is 24.6 Å². The van der Waals surface area contributed by atoms with Gasteiger partial charge in [-0.25, -0.2) is 5.84 Å². The number of nitrogens with one attached hydrogen (secondary N) is 2. The van der Waals surface area contributed by atoms with Crippen LogP contribution < -0.4 is 16.6 Å². The van der Waals surface area contributed by atoms with Gasteiger partial charge in [-0.1, -0.05) is 0 Å². The molecule has 4 atom stereocenters. The van der Waals surface area contributed by atoms with E-state index in [-0.39, 0.29) is 18.9 Å². The topological polar surface area (TPSA) is 154 Å². The molecule has 0 aromatic heterocycles. The van der Waals surface area contributed by atoms with E-state index in [4.69, 9.17) is 5.84 Å². The Kier molecular flexibility index (Phi) is 6.10. The highest BCUT2D eigenvalue weighted by Gasteiger charge is 2.50. The molecule has 0 aliphatic heterocycles. The highest BCUT2D eigenvalue weighted by atomic mass is 16.4. The van der Waals surface area contributed by atoms with Gasteiger partial charge in [0.25, 0.3) is 0 Å². The number of carboxylic acids is 2. The normalized spacial score (nSPS) is 28.5. The van der Waals surface area contributed by atoms with Crippen LogP contribution in [0.15, 0.2) is 4.99 Å². The summed E-state index contributed by atoms with van der Waals surface area (Å²) in [5, 5.41) is 21.1. The number of aliphatic carboxylic acids is 2. The fourth-order valence-electron chi connectivity index (χ4n) is 2.83. The van der Waals surface area contributed by atoms with Gasteiger partial charge in [0, 0.05) is 13.5 Å². The summed E-state index contributed by atoms with van der Waals surface area (Å²) in [5.41, 5.74) is 2.22. The molecular weight excluding hydrogens is 280 g/mol. The van der Waals surface area contributed by atoms with Crippen molar-refractivity contribution < 1.29 is 24.6 Å². The Morgan fingerprint density at radius 2 is 2.00 bits per heavy atom. The largest absolute Gasteiger partial charge is 0.481 e. The van der Waals surface area contributed by atoms with Gasteiger partial charge < -0.3 is 21.0 Å². The maximum atomic E-state index is 11.4. The van der Waals surface area contributed by atoms with Gasteiger partial charge in [0.05, 0.1) is 24.2 Å². The van der Waals surface area contributed by atoms with E-state index in [1.54, 1.807) is 0 Å². The summed E-state index contributed by atoms with van der Waals surface area (Å²) in [5.74, 6) is 0.0625. The molecule has 1 aliphatic rings. The molecule has 6 N–H and O–H groups in total. The smallest absolute Gasteiger partial charge is 0.307 e. The summed E-state index contributed by atoms with van der Waals surface area (Å²) in [6.07, 6.45) is 1.70. The number of aliphatic imine (C=N–C) groups is 1. The van der Waals surface area contributed by atoms with E-state index < -0.39 is 35.7 Å². The lowest BCUT2D eigenvalue weighted by Gasteiger charge is -2.21. The third-order valence-corrected chi connectivity index (χ3v) is 3.68. The molecule has 1 rings (SSSR count). The third kappa shape index (κ3) is 4.42. The van der Waals surface area contributed by atoms with E-state index in [2.05, 4.69) is 15.7 Å². The van der Waals surface area contributed by atoms with Gasteiger partial charge in [-0.15, -0.1) is 0 Å². The number of nitrogens with two attached hydrogens (primary N) is 1. The monoisotopic (exact) mass is 300 g/mol. The Hall–Kier alpha value is -2.16. The standard InChI is InChI=1S/C12H20N4O5/c1-6(17)14-3-2-7-9(15-5-16-13)4-8(11(18)19)10(7)12(20)21/h5,7-10H,2-4,13H2,1H3,(H,14,17)(H,15,16)(H,18,19)(H,20,21). The number of rotatable bonds is 7. The van der Waals surface area contributed by atoms with Crippen LogP contribution in [0, 0.1) is 17.8 Å². The molecule has 9 nitrogen and oxygen atoms in total. The first-order valence-corrected chi connectivity index (χ1v) is 6.56. The zero-order chi connectivity index (χ0) is 16.0. The fourth-order valence-corrected chi connectivity index (χ4v) is 2.83. The van der Waals surface area contributed by atoms with E-state index in [0.717, 1.165) is 0 Å². The van der Waals surface area contributed by atoms with Crippen LogP contribution in [0.5, 0.6) is 0 Å². The van der Waals surface area contributed by atoms with Gasteiger partial charge in [0.15, 0.2) is 0 Å². The van der Waals surface area contributed by atoms with Gasteiger partial charge >= 0.3 is 11.9 Å². The molecule has 118 valence electrons. The summed E-state index contributed by atoms with van der Waals surface area (Å²) in [6, 6.07) is -0.461. The zero-order valence-corrected chi connectivity index (χ0v) is 11.7. The fraction of sp³-hybridized carbons (Fsp3) is 0.667. The molecule has 4 unspecified atom stereocenters. The summed E-state index contributed by atoms with van der Waals surface area (Å²) < 4.78 is 0. The van der Waals surface area contributed by atoms with Crippen molar-refractivity contribution in [2.24, 2.45) is 28.6 Å². The minimum absolute atomic E-state index is 0.134. The average Bonchev–Trinajstić information content (AvgIpc) is 2.75. The average molecular weight is 300 g/mol. The quantitative estimate of drug-likeness (QED) is 0.171. The highest BCUT2D eigenvalue weighted by molar-refractivity contribution is 5.81. The van der Waals surface area contributed by atoms with E-state index in [1.165, 1.54) is 13.3 Å². The van der Waals surface area contributed by atoms with E-state index in [0.29, 0.717) is 6.42 Å². The number of carbonyl (C=O) groups is 3. The first kappa shape index (κ1) is 16.9. The van der Waals surface area contributed by atoms with Gasteiger partial charge in [0.2, 0.25) is 5.91 Å². The molecule has 0 heterocycles. The molecule has 0 aromatic carbocycles. The van der Waals surface area contributed by atoms with Gasteiger partial charge in [0.1, 0.15) is 0 Å². The second kappa shape index (κ2) is 7.58. The minimum atomic E-state index is -1.16. The Labute approximate surface area is 121 Å². The van der Waals surface area contributed by atoms with Crippen LogP contribution >= 0.6 is 0 Å². The van der Waals surface area contributed by atoms with E-state index >= 15 is 0 Å². The van der Waals surface area contributed by atoms with Gasteiger partial charge in [-0.05, 0) is 18.8 Å². The minimum Gasteiger partial charge on any atom is -0.481 e. The van der Waals surface area contributed by atoms with Crippen molar-refractivity contribution >= 4 is 24.2 Å². The van der Waals surface area contributed by atoms with Crippen LogP contribution in [0.3, 0.4) is 0 Å². The first-order valence-electron chi connectivity index (χ1n) is 6.56. The van der Waals surface area contributed by atoms with Crippen molar-refractivity contribution in [3.05, 3.63) is 0 Å². The summed E-state index contributed by atoms with van der Waals surface area (Å²) >= 11 is 0. The molecule has 1 aliphatic carbocycles. The third-order valence-electron chi connectivity index (χ3n) is 3.68. The van der Waals surface area contributed by atoms with Crippen molar-refractivity contribution in [3.8, 4) is 0 Å². The lowest BCUT2D eigenvalue weighted by atomic mass is 9.86. The van der Waals surface area contributed by atoms with Crippen molar-refractivity contribution in [2.45, 2.75) is 25.8 Å². The summed E-state index contributed by atoms with van der Waals surface area (Å²) in [7, 11) is 0. The maximum absolute atomic E-state index is 11.4. The number of carbonyl (C=O) groups excluding carboxylic acids is 1. The Balaban J connectivity index is 2.90. The van der Waals surface area contributed by atoms with Crippen LogP contribution in [0.4, 0.5) is 0 Å². The van der Waals surface area contributed by atoms with Crippen LogP contribution in [0.25, 0.3) is 0 Å². The summed E-state index contributed by atoms with van der Waals surface area (Å²) in [4.78, 5) is 37.6. The lowest BCUT2D eigenvalue weighted by molar-refractivity contribution is -0.153. The molecule has 0 bridgehead atoms. The van der Waals surface area contributed by atoms with Crippen molar-refractivity contribution in [2.75, 3.05) is 6.54 Å². The van der Waals surface area contributed by atoms with Crippen molar-refractivity contribution in [3.63, 3.8) is 0 Å². The SMILES string of the molecule is CC(=O)NCCC1C(N=CNN)CC(C(=O)O)C1C(=O)O. The highest BCUT2D eigenvalue weighted by Crippen LogP contribution is 2.41. The second-order valence-corrected chi connectivity index (χ2v) is 4.99. The predicted molar refractivity (Wildman–Crippen MR) is 73.3 cm³/mol.